The first-order valence-corrected chi connectivity index (χ1v) is 6.89. The number of carbonyl (C=O) groups is 1. The fourth-order valence-electron chi connectivity index (χ4n) is 1.43. The third-order valence-electron chi connectivity index (χ3n) is 2.43. The van der Waals surface area contributed by atoms with Crippen molar-refractivity contribution < 1.29 is 23.1 Å². The minimum absolute atomic E-state index is 0.0206. The quantitative estimate of drug-likeness (QED) is 0.852. The molecule has 2 rings (SSSR count). The van der Waals surface area contributed by atoms with Gasteiger partial charge in [-0.15, -0.1) is 0 Å². The van der Waals surface area contributed by atoms with Gasteiger partial charge in [0, 0.05) is 0 Å². The van der Waals surface area contributed by atoms with Crippen molar-refractivity contribution in [1.29, 1.82) is 0 Å². The predicted molar refractivity (Wildman–Crippen MR) is 63.3 cm³/mol. The van der Waals surface area contributed by atoms with Gasteiger partial charge in [-0.25, -0.2) is 17.9 Å². The average molecular weight is 292 g/mol. The molecule has 0 aromatic heterocycles. The largest absolute Gasteiger partial charge is 0.478 e. The molecule has 0 bridgehead atoms. The zero-order valence-corrected chi connectivity index (χ0v) is 10.7. The molecule has 0 amide bonds. The van der Waals surface area contributed by atoms with Gasteiger partial charge in [-0.05, 0) is 18.2 Å². The van der Waals surface area contributed by atoms with Crippen LogP contribution in [-0.2, 0) is 14.8 Å². The van der Waals surface area contributed by atoms with E-state index in [0.29, 0.717) is 13.2 Å². The molecule has 1 aromatic rings. The van der Waals surface area contributed by atoms with Crippen molar-refractivity contribution in [2.75, 3.05) is 13.2 Å². The number of halogens is 1. The Kier molecular flexibility index (Phi) is 3.58. The molecule has 1 saturated heterocycles. The molecule has 1 aliphatic heterocycles. The number of carboxylic acid groups (broad SMARTS) is 1. The molecule has 2 N–H and O–H groups in total. The van der Waals surface area contributed by atoms with Gasteiger partial charge in [-0.3, -0.25) is 0 Å². The summed E-state index contributed by atoms with van der Waals surface area (Å²) in [5, 5.41) is 8.81. The van der Waals surface area contributed by atoms with Gasteiger partial charge in [-0.2, -0.15) is 0 Å². The molecule has 18 heavy (non-hydrogen) atoms. The second-order valence-electron chi connectivity index (χ2n) is 3.81. The fraction of sp³-hybridized carbons (Fsp3) is 0.300. The lowest BCUT2D eigenvalue weighted by atomic mass is 10.2. The summed E-state index contributed by atoms with van der Waals surface area (Å²) in [6.07, 6.45) is 0. The van der Waals surface area contributed by atoms with Crippen molar-refractivity contribution >= 4 is 27.6 Å². The van der Waals surface area contributed by atoms with E-state index in [0.717, 1.165) is 6.07 Å². The van der Waals surface area contributed by atoms with Crippen LogP contribution in [0.4, 0.5) is 0 Å². The van der Waals surface area contributed by atoms with Gasteiger partial charge < -0.3 is 9.84 Å². The molecule has 0 atom stereocenters. The minimum atomic E-state index is -3.83. The zero-order chi connectivity index (χ0) is 13.3. The summed E-state index contributed by atoms with van der Waals surface area (Å²) < 4.78 is 31.2. The van der Waals surface area contributed by atoms with E-state index in [1.165, 1.54) is 12.1 Å². The Balaban J connectivity index is 2.35. The van der Waals surface area contributed by atoms with Crippen molar-refractivity contribution in [3.63, 3.8) is 0 Å². The Morgan fingerprint density at radius 1 is 1.44 bits per heavy atom. The normalized spacial score (nSPS) is 16.3. The van der Waals surface area contributed by atoms with Crippen LogP contribution < -0.4 is 4.72 Å². The summed E-state index contributed by atoms with van der Waals surface area (Å²) in [5.41, 5.74) is -0.135. The topological polar surface area (TPSA) is 92.7 Å². The van der Waals surface area contributed by atoms with Crippen LogP contribution in [0.1, 0.15) is 10.4 Å². The van der Waals surface area contributed by atoms with Gasteiger partial charge in [0.2, 0.25) is 10.0 Å². The SMILES string of the molecule is O=C(O)c1ccc(Cl)c(S(=O)(=O)NC2COC2)c1. The van der Waals surface area contributed by atoms with E-state index >= 15 is 0 Å². The number of nitrogens with one attached hydrogen (secondary N) is 1. The Morgan fingerprint density at radius 3 is 2.61 bits per heavy atom. The molecular weight excluding hydrogens is 282 g/mol. The second kappa shape index (κ2) is 4.85. The Labute approximate surface area is 109 Å². The number of hydrogen-bond acceptors (Lipinski definition) is 4. The fourth-order valence-corrected chi connectivity index (χ4v) is 3.16. The maximum atomic E-state index is 12.0. The lowest BCUT2D eigenvalue weighted by molar-refractivity contribution is 0.00482. The minimum Gasteiger partial charge on any atom is -0.478 e. The second-order valence-corrected chi connectivity index (χ2v) is 5.90. The number of aromatic carboxylic acids is 1. The third kappa shape index (κ3) is 2.64. The third-order valence-corrected chi connectivity index (χ3v) is 4.43. The first-order valence-electron chi connectivity index (χ1n) is 5.03. The molecule has 1 fully saturated rings. The molecule has 8 heteroatoms. The van der Waals surface area contributed by atoms with Gasteiger partial charge in [0.05, 0.1) is 29.8 Å². The Hall–Kier alpha value is -1.15. The van der Waals surface area contributed by atoms with E-state index in [9.17, 15) is 13.2 Å². The van der Waals surface area contributed by atoms with E-state index < -0.39 is 16.0 Å². The average Bonchev–Trinajstić information content (AvgIpc) is 2.24. The molecule has 1 aromatic carbocycles. The van der Waals surface area contributed by atoms with Crippen molar-refractivity contribution in [2.24, 2.45) is 0 Å². The van der Waals surface area contributed by atoms with Crippen LogP contribution in [0.25, 0.3) is 0 Å². The van der Waals surface area contributed by atoms with Gasteiger partial charge >= 0.3 is 5.97 Å². The van der Waals surface area contributed by atoms with E-state index in [4.69, 9.17) is 21.4 Å². The van der Waals surface area contributed by atoms with Crippen molar-refractivity contribution in [2.45, 2.75) is 10.9 Å². The maximum absolute atomic E-state index is 12.0. The zero-order valence-electron chi connectivity index (χ0n) is 9.09. The lowest BCUT2D eigenvalue weighted by Crippen LogP contribution is -2.48. The first-order chi connectivity index (χ1) is 8.40. The molecule has 98 valence electrons. The predicted octanol–water partition coefficient (Wildman–Crippen LogP) is 0.715. The highest BCUT2D eigenvalue weighted by atomic mass is 35.5. The van der Waals surface area contributed by atoms with Gasteiger partial charge in [0.1, 0.15) is 4.90 Å². The number of ether oxygens (including phenoxy) is 1. The van der Waals surface area contributed by atoms with Crippen LogP contribution in [-0.4, -0.2) is 38.7 Å². The maximum Gasteiger partial charge on any atom is 0.335 e. The molecule has 1 aliphatic rings. The van der Waals surface area contributed by atoms with Crippen LogP contribution in [0.15, 0.2) is 23.1 Å². The van der Waals surface area contributed by atoms with E-state index in [-0.39, 0.29) is 21.5 Å². The lowest BCUT2D eigenvalue weighted by Gasteiger charge is -2.26. The Bertz CT molecular complexity index is 582. The van der Waals surface area contributed by atoms with Gasteiger partial charge in [0.15, 0.2) is 0 Å². The number of rotatable bonds is 4. The number of hydrogen-bond donors (Lipinski definition) is 2. The molecule has 0 aliphatic carbocycles. The van der Waals surface area contributed by atoms with E-state index in [2.05, 4.69) is 4.72 Å². The summed E-state index contributed by atoms with van der Waals surface area (Å²) in [6, 6.07) is 3.24. The van der Waals surface area contributed by atoms with Crippen LogP contribution in [0.3, 0.4) is 0 Å². The van der Waals surface area contributed by atoms with Crippen LogP contribution in [0.5, 0.6) is 0 Å². The Morgan fingerprint density at radius 2 is 2.11 bits per heavy atom. The highest BCUT2D eigenvalue weighted by Gasteiger charge is 2.27. The van der Waals surface area contributed by atoms with Crippen LogP contribution >= 0.6 is 11.6 Å². The molecule has 0 saturated carbocycles. The number of carboxylic acids is 1. The number of benzene rings is 1. The molecule has 6 nitrogen and oxygen atoms in total. The summed E-state index contributed by atoms with van der Waals surface area (Å²) in [4.78, 5) is 10.6. The standard InChI is InChI=1S/C10H10ClNO5S/c11-8-2-1-6(10(13)14)3-9(8)18(15,16)12-7-4-17-5-7/h1-3,7,12H,4-5H2,(H,13,14). The van der Waals surface area contributed by atoms with Crippen LogP contribution in [0, 0.1) is 0 Å². The summed E-state index contributed by atoms with van der Waals surface area (Å²) in [5.74, 6) is -1.21. The highest BCUT2D eigenvalue weighted by Crippen LogP contribution is 2.23. The molecule has 0 radical (unpaired) electrons. The first kappa shape index (κ1) is 13.3. The summed E-state index contributed by atoms with van der Waals surface area (Å²) >= 11 is 5.79. The van der Waals surface area contributed by atoms with Gasteiger partial charge in [0.25, 0.3) is 0 Å². The summed E-state index contributed by atoms with van der Waals surface area (Å²) in [6.45, 7) is 0.602. The monoisotopic (exact) mass is 291 g/mol. The molecular formula is C10H10ClNO5S. The molecule has 0 spiro atoms. The summed E-state index contributed by atoms with van der Waals surface area (Å²) in [7, 11) is -3.83. The molecule has 1 heterocycles. The molecule has 0 unspecified atom stereocenters. The van der Waals surface area contributed by atoms with Crippen molar-refractivity contribution in [1.82, 2.24) is 4.72 Å². The smallest absolute Gasteiger partial charge is 0.335 e. The van der Waals surface area contributed by atoms with E-state index in [1.807, 2.05) is 0 Å². The van der Waals surface area contributed by atoms with Gasteiger partial charge in [-0.1, -0.05) is 11.6 Å². The highest BCUT2D eigenvalue weighted by molar-refractivity contribution is 7.89. The number of sulfonamides is 1. The van der Waals surface area contributed by atoms with Crippen molar-refractivity contribution in [3.05, 3.63) is 28.8 Å². The van der Waals surface area contributed by atoms with Crippen molar-refractivity contribution in [3.8, 4) is 0 Å². The van der Waals surface area contributed by atoms with E-state index in [1.54, 1.807) is 0 Å². The van der Waals surface area contributed by atoms with Crippen LogP contribution in [0.2, 0.25) is 5.02 Å².